The highest BCUT2D eigenvalue weighted by Gasteiger charge is 2.31. The number of aromatic nitrogens is 2. The van der Waals surface area contributed by atoms with E-state index in [0.29, 0.717) is 17.8 Å². The normalized spacial score (nSPS) is 13.6. The number of Topliss-reactive ketones (excluding diaryl/α,β-unsaturated/α-hetero) is 1. The van der Waals surface area contributed by atoms with Crippen molar-refractivity contribution in [2.45, 2.75) is 58.9 Å². The summed E-state index contributed by atoms with van der Waals surface area (Å²) in [6.07, 6.45) is 1.74. The molecule has 3 heterocycles. The summed E-state index contributed by atoms with van der Waals surface area (Å²) in [5.74, 6) is 0.429. The van der Waals surface area contributed by atoms with E-state index in [2.05, 4.69) is 9.97 Å². The van der Waals surface area contributed by atoms with Crippen LogP contribution in [0.1, 0.15) is 74.3 Å². The van der Waals surface area contributed by atoms with E-state index in [1.807, 2.05) is 59.1 Å². The van der Waals surface area contributed by atoms with E-state index < -0.39 is 0 Å². The molecule has 2 aromatic heterocycles. The minimum atomic E-state index is -0.312. The second-order valence-electron chi connectivity index (χ2n) is 10.6. The van der Waals surface area contributed by atoms with E-state index >= 15 is 0 Å². The van der Waals surface area contributed by atoms with Crippen molar-refractivity contribution in [1.82, 2.24) is 14.9 Å². The molecule has 0 spiro atoms. The highest BCUT2D eigenvalue weighted by atomic mass is 79.9. The van der Waals surface area contributed by atoms with Crippen LogP contribution in [0.3, 0.4) is 0 Å². The molecular weight excluding hydrogens is 512 g/mol. The van der Waals surface area contributed by atoms with E-state index in [1.54, 1.807) is 23.2 Å². The zero-order chi connectivity index (χ0) is 24.1. The first-order chi connectivity index (χ1) is 15.4. The van der Waals surface area contributed by atoms with Crippen molar-refractivity contribution < 1.29 is 9.90 Å². The number of hydrogen-bond donors (Lipinski definition) is 2. The van der Waals surface area contributed by atoms with E-state index in [4.69, 9.17) is 5.41 Å². The fourth-order valence-electron chi connectivity index (χ4n) is 4.06. The summed E-state index contributed by atoms with van der Waals surface area (Å²) >= 11 is 1.51. The molecule has 0 bridgehead atoms. The lowest BCUT2D eigenvalue weighted by Crippen LogP contribution is -2.31. The van der Waals surface area contributed by atoms with E-state index in [-0.39, 0.29) is 51.7 Å². The maximum Gasteiger partial charge on any atom is 0.182 e. The Morgan fingerprint density at radius 3 is 2.26 bits per heavy atom. The number of ketones is 1. The molecule has 0 saturated carbocycles. The number of halogens is 1. The van der Waals surface area contributed by atoms with E-state index in [1.165, 1.54) is 11.3 Å². The molecule has 0 radical (unpaired) electrons. The third-order valence-corrected chi connectivity index (χ3v) is 6.71. The van der Waals surface area contributed by atoms with Crippen LogP contribution in [0.2, 0.25) is 0 Å². The van der Waals surface area contributed by atoms with E-state index in [9.17, 15) is 9.90 Å². The zero-order valence-electron chi connectivity index (χ0n) is 20.4. The molecule has 4 rings (SSSR count). The minimum absolute atomic E-state index is 0. The lowest BCUT2D eigenvalue weighted by molar-refractivity contribution is 0.0962. The summed E-state index contributed by atoms with van der Waals surface area (Å²) in [5.41, 5.74) is 3.73. The Kier molecular flexibility index (Phi) is 7.06. The quantitative estimate of drug-likeness (QED) is 0.388. The lowest BCUT2D eigenvalue weighted by Gasteiger charge is -2.28. The van der Waals surface area contributed by atoms with Gasteiger partial charge >= 0.3 is 0 Å². The second kappa shape index (κ2) is 9.23. The number of carbonyl (C=O) groups is 1. The summed E-state index contributed by atoms with van der Waals surface area (Å²) in [6.45, 7) is 12.7. The third kappa shape index (κ3) is 4.93. The highest BCUT2D eigenvalue weighted by Crippen LogP contribution is 2.40. The Bertz CT molecular complexity index is 1210. The second-order valence-corrected chi connectivity index (χ2v) is 11.5. The number of phenols is 1. The van der Waals surface area contributed by atoms with Crippen LogP contribution in [0, 0.1) is 5.41 Å². The van der Waals surface area contributed by atoms with Crippen molar-refractivity contribution in [1.29, 1.82) is 5.41 Å². The predicted octanol–water partition coefficient (Wildman–Crippen LogP) is 6.11. The SMILES string of the molecule is Br.CC(C)(C)c1cc(C(=O)CN2Cc3ccc(-c4nccs4)nc3C2=N)cc(C(C)(C)C)c1O. The number of carbonyl (C=O) groups excluding carboxylic acids is 1. The molecule has 1 aliphatic rings. The molecule has 1 aliphatic heterocycles. The average Bonchev–Trinajstić information content (AvgIpc) is 3.35. The number of phenolic OH excluding ortho intramolecular Hbond substituents is 1. The van der Waals surface area contributed by atoms with Gasteiger partial charge in [0.15, 0.2) is 5.78 Å². The van der Waals surface area contributed by atoms with Crippen LogP contribution in [-0.4, -0.2) is 38.1 Å². The third-order valence-electron chi connectivity index (χ3n) is 5.91. The van der Waals surface area contributed by atoms with E-state index in [0.717, 1.165) is 27.4 Å². The monoisotopic (exact) mass is 542 g/mol. The van der Waals surface area contributed by atoms with Crippen molar-refractivity contribution >= 4 is 39.9 Å². The maximum atomic E-state index is 13.4. The zero-order valence-corrected chi connectivity index (χ0v) is 22.9. The van der Waals surface area contributed by atoms with Crippen LogP contribution in [0.4, 0.5) is 0 Å². The Morgan fingerprint density at radius 1 is 1.12 bits per heavy atom. The summed E-state index contributed by atoms with van der Waals surface area (Å²) < 4.78 is 0. The first-order valence-electron chi connectivity index (χ1n) is 11.0. The molecule has 0 fully saturated rings. The molecule has 3 aromatic rings. The van der Waals surface area contributed by atoms with Gasteiger partial charge in [0, 0.05) is 40.4 Å². The number of hydrogen-bond acceptors (Lipinski definition) is 6. The molecule has 0 aliphatic carbocycles. The molecule has 0 atom stereocenters. The Morgan fingerprint density at radius 2 is 1.74 bits per heavy atom. The van der Waals surface area contributed by atoms with Gasteiger partial charge in [-0.25, -0.2) is 9.97 Å². The van der Waals surface area contributed by atoms with Gasteiger partial charge in [0.1, 0.15) is 22.3 Å². The average molecular weight is 544 g/mol. The van der Waals surface area contributed by atoms with Crippen LogP contribution in [0.25, 0.3) is 10.7 Å². The molecule has 1 aromatic carbocycles. The van der Waals surface area contributed by atoms with Crippen molar-refractivity contribution in [3.63, 3.8) is 0 Å². The smallest absolute Gasteiger partial charge is 0.182 e. The van der Waals surface area contributed by atoms with Crippen LogP contribution in [0.15, 0.2) is 35.8 Å². The van der Waals surface area contributed by atoms with Gasteiger partial charge in [-0.2, -0.15) is 0 Å². The van der Waals surface area contributed by atoms with Gasteiger partial charge in [-0.15, -0.1) is 28.3 Å². The maximum absolute atomic E-state index is 13.4. The Balaban J connectivity index is 0.00000324. The van der Waals surface area contributed by atoms with Gasteiger partial charge in [0.2, 0.25) is 0 Å². The predicted molar refractivity (Wildman–Crippen MR) is 143 cm³/mol. The largest absolute Gasteiger partial charge is 0.507 e. The minimum Gasteiger partial charge on any atom is -0.507 e. The summed E-state index contributed by atoms with van der Waals surface area (Å²) in [7, 11) is 0. The van der Waals surface area contributed by atoms with Crippen molar-refractivity contribution in [2.24, 2.45) is 0 Å². The molecule has 6 nitrogen and oxygen atoms in total. The van der Waals surface area contributed by atoms with Crippen molar-refractivity contribution in [2.75, 3.05) is 6.54 Å². The van der Waals surface area contributed by atoms with Crippen LogP contribution in [-0.2, 0) is 17.4 Å². The highest BCUT2D eigenvalue weighted by molar-refractivity contribution is 8.93. The first-order valence-corrected chi connectivity index (χ1v) is 11.9. The van der Waals surface area contributed by atoms with Crippen LogP contribution >= 0.6 is 28.3 Å². The number of nitrogens with one attached hydrogen (secondary N) is 1. The molecule has 0 unspecified atom stereocenters. The number of nitrogens with zero attached hydrogens (tertiary/aromatic N) is 3. The lowest BCUT2D eigenvalue weighted by atomic mass is 9.78. The first kappa shape index (κ1) is 26.0. The fourth-order valence-corrected chi connectivity index (χ4v) is 4.67. The molecule has 0 saturated heterocycles. The number of rotatable bonds is 4. The van der Waals surface area contributed by atoms with Crippen LogP contribution < -0.4 is 0 Å². The Labute approximate surface area is 215 Å². The Hall–Kier alpha value is -2.58. The molecular formula is C26H31BrN4O2S. The summed E-state index contributed by atoms with van der Waals surface area (Å²) in [5, 5.41) is 22.3. The van der Waals surface area contributed by atoms with Gasteiger partial charge in [0.05, 0.1) is 12.2 Å². The number of pyridine rings is 1. The molecule has 0 amide bonds. The number of aromatic hydroxyl groups is 1. The standard InChI is InChI=1S/C26H30N4O2S.BrH/c1-25(2,3)17-11-16(12-18(22(17)32)26(4,5)6)20(31)14-30-13-15-7-8-19(24-28-9-10-33-24)29-21(15)23(30)27;/h7-12,27,32H,13-14H2,1-6H3;1H. The molecule has 34 heavy (non-hydrogen) atoms. The number of fused-ring (bicyclic) bond motifs is 1. The molecule has 8 heteroatoms. The van der Waals surface area contributed by atoms with Gasteiger partial charge in [-0.3, -0.25) is 10.2 Å². The van der Waals surface area contributed by atoms with Gasteiger partial charge in [-0.1, -0.05) is 47.6 Å². The molecule has 2 N–H and O–H groups in total. The summed E-state index contributed by atoms with van der Waals surface area (Å²) in [6, 6.07) is 7.49. The number of benzene rings is 1. The van der Waals surface area contributed by atoms with Crippen molar-refractivity contribution in [3.8, 4) is 16.5 Å². The summed E-state index contributed by atoms with van der Waals surface area (Å²) in [4.78, 5) is 24.1. The fraction of sp³-hybridized carbons (Fsp3) is 0.385. The number of thiazole rings is 1. The van der Waals surface area contributed by atoms with Gasteiger partial charge in [-0.05, 0) is 29.0 Å². The molecule has 180 valence electrons. The van der Waals surface area contributed by atoms with Crippen LogP contribution in [0.5, 0.6) is 5.75 Å². The van der Waals surface area contributed by atoms with Gasteiger partial charge < -0.3 is 10.0 Å². The van der Waals surface area contributed by atoms with Crippen molar-refractivity contribution in [3.05, 3.63) is 63.8 Å². The van der Waals surface area contributed by atoms with Gasteiger partial charge in [0.25, 0.3) is 0 Å². The number of amidine groups is 1. The topological polar surface area (TPSA) is 90.2 Å².